The van der Waals surface area contributed by atoms with Crippen LogP contribution < -0.4 is 5.32 Å². The Kier molecular flexibility index (Phi) is 7.97. The summed E-state index contributed by atoms with van der Waals surface area (Å²) in [6, 6.07) is 9.60. The smallest absolute Gasteiger partial charge is 0.317 e. The Labute approximate surface area is 211 Å². The number of hydrogen-bond acceptors (Lipinski definition) is 5. The van der Waals surface area contributed by atoms with Gasteiger partial charge in [0.15, 0.2) is 5.79 Å². The maximum absolute atomic E-state index is 13.3. The Morgan fingerprint density at radius 2 is 1.97 bits per heavy atom. The summed E-state index contributed by atoms with van der Waals surface area (Å²) < 4.78 is 12.1. The van der Waals surface area contributed by atoms with Gasteiger partial charge < -0.3 is 19.7 Å². The van der Waals surface area contributed by atoms with Gasteiger partial charge in [-0.2, -0.15) is 0 Å². The van der Waals surface area contributed by atoms with Gasteiger partial charge >= 0.3 is 6.03 Å². The van der Waals surface area contributed by atoms with Crippen molar-refractivity contribution >= 4 is 6.03 Å². The molecule has 2 saturated heterocycles. The molecule has 0 bridgehead atoms. The summed E-state index contributed by atoms with van der Waals surface area (Å²) in [4.78, 5) is 20.4. The topological polar surface area (TPSA) is 57.3 Å². The van der Waals surface area contributed by atoms with E-state index in [-0.39, 0.29) is 17.9 Å². The van der Waals surface area contributed by atoms with Crippen LogP contribution >= 0.6 is 0 Å². The molecule has 3 fully saturated rings. The minimum atomic E-state index is -0.368. The number of nitrogens with zero attached hydrogens (tertiary/aromatic N) is 3. The molecule has 5 rings (SSSR count). The molecular formula is C28H44N4O3. The lowest BCUT2D eigenvalue weighted by atomic mass is 9.74. The number of piperidine rings is 1. The third-order valence-corrected chi connectivity index (χ3v) is 8.67. The lowest BCUT2D eigenvalue weighted by Crippen LogP contribution is -2.60. The highest BCUT2D eigenvalue weighted by Crippen LogP contribution is 2.44. The van der Waals surface area contributed by atoms with E-state index in [0.29, 0.717) is 25.2 Å². The van der Waals surface area contributed by atoms with Crippen LogP contribution in [0.4, 0.5) is 4.79 Å². The molecule has 7 heteroatoms. The zero-order valence-electron chi connectivity index (χ0n) is 21.7. The fourth-order valence-electron chi connectivity index (χ4n) is 6.91. The first-order valence-electron chi connectivity index (χ1n) is 14.0. The largest absolute Gasteiger partial charge is 0.348 e. The molecular weight excluding hydrogens is 440 g/mol. The van der Waals surface area contributed by atoms with E-state index in [2.05, 4.69) is 53.2 Å². The van der Waals surface area contributed by atoms with Crippen molar-refractivity contribution in [1.82, 2.24) is 20.0 Å². The second kappa shape index (κ2) is 11.2. The van der Waals surface area contributed by atoms with Gasteiger partial charge in [0.25, 0.3) is 0 Å². The van der Waals surface area contributed by atoms with E-state index in [1.54, 1.807) is 0 Å². The summed E-state index contributed by atoms with van der Waals surface area (Å²) in [5.74, 6) is 0.143. The van der Waals surface area contributed by atoms with Crippen molar-refractivity contribution in [2.75, 3.05) is 52.5 Å². The van der Waals surface area contributed by atoms with Gasteiger partial charge in [-0.15, -0.1) is 0 Å². The predicted octanol–water partition coefficient (Wildman–Crippen LogP) is 3.47. The van der Waals surface area contributed by atoms with E-state index in [4.69, 9.17) is 9.47 Å². The predicted molar refractivity (Wildman–Crippen MR) is 137 cm³/mol. The Bertz CT molecular complexity index is 858. The Hall–Kier alpha value is -1.67. The lowest BCUT2D eigenvalue weighted by molar-refractivity contribution is -0.201. The number of carbonyl (C=O) groups is 1. The van der Waals surface area contributed by atoms with Crippen LogP contribution in [0.1, 0.15) is 57.1 Å². The van der Waals surface area contributed by atoms with Crippen LogP contribution in [-0.4, -0.2) is 91.1 Å². The number of fused-ring (bicyclic) bond motifs is 2. The van der Waals surface area contributed by atoms with Gasteiger partial charge in [0.2, 0.25) is 0 Å². The van der Waals surface area contributed by atoms with Crippen LogP contribution in [0.25, 0.3) is 0 Å². The number of urea groups is 1. The summed E-state index contributed by atoms with van der Waals surface area (Å²) in [6.07, 6.45) is 6.34. The molecule has 1 aromatic carbocycles. The van der Waals surface area contributed by atoms with Gasteiger partial charge in [0, 0.05) is 64.2 Å². The molecule has 7 nitrogen and oxygen atoms in total. The van der Waals surface area contributed by atoms with Gasteiger partial charge in [-0.1, -0.05) is 31.2 Å². The molecule has 3 aliphatic heterocycles. The van der Waals surface area contributed by atoms with Gasteiger partial charge in [-0.25, -0.2) is 4.79 Å². The van der Waals surface area contributed by atoms with Crippen LogP contribution in [-0.2, 0) is 22.4 Å². The molecule has 0 unspecified atom stereocenters. The van der Waals surface area contributed by atoms with Crippen molar-refractivity contribution in [2.45, 2.75) is 76.8 Å². The van der Waals surface area contributed by atoms with Crippen LogP contribution in [0.5, 0.6) is 0 Å². The Morgan fingerprint density at radius 1 is 1.17 bits per heavy atom. The first-order chi connectivity index (χ1) is 17.1. The highest BCUT2D eigenvalue weighted by atomic mass is 16.7. The minimum Gasteiger partial charge on any atom is -0.348 e. The van der Waals surface area contributed by atoms with Gasteiger partial charge in [-0.3, -0.25) is 9.80 Å². The fourth-order valence-corrected chi connectivity index (χ4v) is 6.91. The summed E-state index contributed by atoms with van der Waals surface area (Å²) in [5, 5.41) is 3.42. The van der Waals surface area contributed by atoms with Crippen molar-refractivity contribution in [3.8, 4) is 0 Å². The summed E-state index contributed by atoms with van der Waals surface area (Å²) in [6.45, 7) is 12.3. The second-order valence-corrected chi connectivity index (χ2v) is 10.9. The first-order valence-corrected chi connectivity index (χ1v) is 14.0. The minimum absolute atomic E-state index is 0.0868. The fraction of sp³-hybridized carbons (Fsp3) is 0.750. The highest BCUT2D eigenvalue weighted by molar-refractivity contribution is 5.74. The molecule has 0 aromatic heterocycles. The monoisotopic (exact) mass is 484 g/mol. The van der Waals surface area contributed by atoms with Crippen molar-refractivity contribution < 1.29 is 14.3 Å². The molecule has 1 spiro atoms. The summed E-state index contributed by atoms with van der Waals surface area (Å²) >= 11 is 0. The Balaban J connectivity index is 1.16. The van der Waals surface area contributed by atoms with Crippen LogP contribution in [0.15, 0.2) is 24.3 Å². The molecule has 35 heavy (non-hydrogen) atoms. The van der Waals surface area contributed by atoms with Crippen molar-refractivity contribution in [3.05, 3.63) is 35.4 Å². The number of carbonyl (C=O) groups excluding carboxylic acids is 1. The zero-order valence-corrected chi connectivity index (χ0v) is 21.7. The number of hydrogen-bond donors (Lipinski definition) is 1. The molecule has 1 aliphatic carbocycles. The van der Waals surface area contributed by atoms with Crippen molar-refractivity contribution in [3.63, 3.8) is 0 Å². The average molecular weight is 485 g/mol. The molecule has 3 heterocycles. The van der Waals surface area contributed by atoms with Crippen molar-refractivity contribution in [2.24, 2.45) is 5.92 Å². The molecule has 2 amide bonds. The van der Waals surface area contributed by atoms with Crippen LogP contribution in [0, 0.1) is 5.92 Å². The highest BCUT2D eigenvalue weighted by Gasteiger charge is 2.49. The average Bonchev–Trinajstić information content (AvgIpc) is 3.31. The molecule has 1 saturated carbocycles. The van der Waals surface area contributed by atoms with E-state index < -0.39 is 0 Å². The number of benzene rings is 1. The molecule has 0 radical (unpaired) electrons. The normalized spacial score (nSPS) is 28.5. The van der Waals surface area contributed by atoms with Crippen LogP contribution in [0.2, 0.25) is 0 Å². The molecule has 194 valence electrons. The first kappa shape index (κ1) is 25.0. The Morgan fingerprint density at radius 3 is 2.74 bits per heavy atom. The maximum Gasteiger partial charge on any atom is 0.317 e. The van der Waals surface area contributed by atoms with Crippen molar-refractivity contribution in [1.29, 1.82) is 0 Å². The lowest BCUT2D eigenvalue weighted by Gasteiger charge is -2.51. The zero-order chi connectivity index (χ0) is 24.3. The number of likely N-dealkylation sites (tertiary alicyclic amines) is 1. The van der Waals surface area contributed by atoms with Gasteiger partial charge in [0.05, 0.1) is 13.2 Å². The quantitative estimate of drug-likeness (QED) is 0.642. The third-order valence-electron chi connectivity index (χ3n) is 8.67. The maximum atomic E-state index is 13.3. The number of nitrogens with one attached hydrogen (secondary N) is 1. The van der Waals surface area contributed by atoms with E-state index in [0.717, 1.165) is 84.3 Å². The molecule has 3 atom stereocenters. The summed E-state index contributed by atoms with van der Waals surface area (Å²) in [7, 11) is 0. The van der Waals surface area contributed by atoms with E-state index >= 15 is 0 Å². The summed E-state index contributed by atoms with van der Waals surface area (Å²) in [5.41, 5.74) is 2.90. The standard InChI is InChI=1S/C28H44N4O3/c1-3-12-32-21-25(18-24-19-28(11-9-26(24)32)34-16-17-35-28)29-27(33)31(4-2)15-14-30-13-10-22-7-5-6-8-23(22)20-30/h5-8,24-26H,3-4,9-21H2,1-2H3,(H,29,33)/t24-,25+,26-/m1/s1. The van der Waals surface area contributed by atoms with Gasteiger partial charge in [-0.05, 0) is 56.2 Å². The number of amides is 2. The van der Waals surface area contributed by atoms with Crippen LogP contribution in [0.3, 0.4) is 0 Å². The SMILES string of the molecule is CCCN1C[C@@H](NC(=O)N(CC)CCN2CCc3ccccc3C2)C[C@@H]2CC3(CC[C@H]21)OCCO3. The molecule has 1 N–H and O–H groups in total. The van der Waals surface area contributed by atoms with Gasteiger partial charge in [0.1, 0.15) is 0 Å². The number of likely N-dealkylation sites (N-methyl/N-ethyl adjacent to an activating group) is 1. The van der Waals surface area contributed by atoms with E-state index in [1.807, 2.05) is 4.90 Å². The molecule has 4 aliphatic rings. The molecule has 1 aromatic rings. The third kappa shape index (κ3) is 5.68. The van der Waals surface area contributed by atoms with E-state index in [9.17, 15) is 4.79 Å². The number of ether oxygens (including phenoxy) is 2. The van der Waals surface area contributed by atoms with E-state index in [1.165, 1.54) is 11.1 Å². The second-order valence-electron chi connectivity index (χ2n) is 10.9. The number of rotatable bonds is 7.